The molecule has 3 nitrogen and oxygen atoms in total. The molecule has 0 aromatic carbocycles. The molecule has 0 saturated heterocycles. The van der Waals surface area contributed by atoms with Gasteiger partial charge >= 0.3 is 0 Å². The van der Waals surface area contributed by atoms with E-state index in [1.807, 2.05) is 0 Å². The first-order chi connectivity index (χ1) is 8.13. The van der Waals surface area contributed by atoms with Gasteiger partial charge in [-0.3, -0.25) is 0 Å². The maximum absolute atomic E-state index is 5.60. The number of hydrogen-bond donors (Lipinski definition) is 1. The highest BCUT2D eigenvalue weighted by molar-refractivity contribution is 4.81. The lowest BCUT2D eigenvalue weighted by Gasteiger charge is -2.34. The normalized spacial score (nSPS) is 25.8. The SMILES string of the molecule is CNC1CCCCC1CN(C)CCOC(C)C. The van der Waals surface area contributed by atoms with Crippen LogP contribution in [0.15, 0.2) is 0 Å². The summed E-state index contributed by atoms with van der Waals surface area (Å²) in [4.78, 5) is 2.42. The number of ether oxygens (including phenoxy) is 1. The molecule has 2 unspecified atom stereocenters. The van der Waals surface area contributed by atoms with Gasteiger partial charge in [-0.1, -0.05) is 12.8 Å². The van der Waals surface area contributed by atoms with Crippen molar-refractivity contribution in [2.45, 2.75) is 51.7 Å². The summed E-state index contributed by atoms with van der Waals surface area (Å²) in [5.41, 5.74) is 0. The lowest BCUT2D eigenvalue weighted by molar-refractivity contribution is 0.0584. The zero-order valence-corrected chi connectivity index (χ0v) is 12.0. The molecule has 0 aliphatic heterocycles. The molecule has 1 rings (SSSR count). The Morgan fingerprint density at radius 3 is 2.65 bits per heavy atom. The van der Waals surface area contributed by atoms with E-state index in [1.165, 1.54) is 32.2 Å². The smallest absolute Gasteiger partial charge is 0.0596 e. The number of likely N-dealkylation sites (N-methyl/N-ethyl adjacent to an activating group) is 1. The van der Waals surface area contributed by atoms with E-state index in [0.717, 1.165) is 25.1 Å². The van der Waals surface area contributed by atoms with Gasteiger partial charge < -0.3 is 15.0 Å². The topological polar surface area (TPSA) is 24.5 Å². The van der Waals surface area contributed by atoms with Crippen molar-refractivity contribution in [2.75, 3.05) is 33.8 Å². The third-order valence-electron chi connectivity index (χ3n) is 3.75. The van der Waals surface area contributed by atoms with Gasteiger partial charge in [-0.05, 0) is 46.7 Å². The first-order valence-corrected chi connectivity index (χ1v) is 7.11. The van der Waals surface area contributed by atoms with E-state index in [2.05, 4.69) is 38.2 Å². The van der Waals surface area contributed by atoms with Crippen molar-refractivity contribution in [2.24, 2.45) is 5.92 Å². The van der Waals surface area contributed by atoms with Crippen molar-refractivity contribution in [1.82, 2.24) is 10.2 Å². The Labute approximate surface area is 107 Å². The molecule has 102 valence electrons. The zero-order valence-electron chi connectivity index (χ0n) is 12.0. The molecule has 1 N–H and O–H groups in total. The third kappa shape index (κ3) is 5.84. The zero-order chi connectivity index (χ0) is 12.7. The predicted octanol–water partition coefficient (Wildman–Crippen LogP) is 2.12. The van der Waals surface area contributed by atoms with Crippen molar-refractivity contribution in [3.8, 4) is 0 Å². The Hall–Kier alpha value is -0.120. The van der Waals surface area contributed by atoms with Gasteiger partial charge in [0.15, 0.2) is 0 Å². The van der Waals surface area contributed by atoms with Crippen LogP contribution in [-0.4, -0.2) is 50.8 Å². The monoisotopic (exact) mass is 242 g/mol. The summed E-state index contributed by atoms with van der Waals surface area (Å²) in [7, 11) is 4.32. The summed E-state index contributed by atoms with van der Waals surface area (Å²) in [5, 5.41) is 3.48. The van der Waals surface area contributed by atoms with E-state index in [1.54, 1.807) is 0 Å². The molecule has 1 aliphatic carbocycles. The van der Waals surface area contributed by atoms with Gasteiger partial charge in [0.05, 0.1) is 12.7 Å². The summed E-state index contributed by atoms with van der Waals surface area (Å²) < 4.78 is 5.60. The average molecular weight is 242 g/mol. The van der Waals surface area contributed by atoms with Crippen LogP contribution in [0.25, 0.3) is 0 Å². The van der Waals surface area contributed by atoms with Gasteiger partial charge in [0.25, 0.3) is 0 Å². The molecule has 3 heteroatoms. The van der Waals surface area contributed by atoms with Crippen LogP contribution in [0.1, 0.15) is 39.5 Å². The molecule has 1 fully saturated rings. The second-order valence-corrected chi connectivity index (χ2v) is 5.62. The van der Waals surface area contributed by atoms with Gasteiger partial charge in [-0.2, -0.15) is 0 Å². The number of nitrogens with one attached hydrogen (secondary N) is 1. The largest absolute Gasteiger partial charge is 0.377 e. The molecule has 1 saturated carbocycles. The highest BCUT2D eigenvalue weighted by Crippen LogP contribution is 2.24. The highest BCUT2D eigenvalue weighted by atomic mass is 16.5. The lowest BCUT2D eigenvalue weighted by Crippen LogP contribution is -2.42. The van der Waals surface area contributed by atoms with E-state index in [0.29, 0.717) is 6.10 Å². The summed E-state index contributed by atoms with van der Waals surface area (Å²) in [5.74, 6) is 0.817. The van der Waals surface area contributed by atoms with E-state index >= 15 is 0 Å². The quantitative estimate of drug-likeness (QED) is 0.740. The average Bonchev–Trinajstić information content (AvgIpc) is 2.29. The summed E-state index contributed by atoms with van der Waals surface area (Å²) >= 11 is 0. The third-order valence-corrected chi connectivity index (χ3v) is 3.75. The molecule has 0 heterocycles. The maximum atomic E-state index is 5.60. The molecule has 0 spiro atoms. The van der Waals surface area contributed by atoms with Crippen LogP contribution < -0.4 is 5.32 Å². The summed E-state index contributed by atoms with van der Waals surface area (Å²) in [6, 6.07) is 0.720. The molecule has 1 aliphatic rings. The van der Waals surface area contributed by atoms with Crippen molar-refractivity contribution in [3.63, 3.8) is 0 Å². The Morgan fingerprint density at radius 1 is 1.29 bits per heavy atom. The molecule has 0 radical (unpaired) electrons. The van der Waals surface area contributed by atoms with Gasteiger partial charge in [0, 0.05) is 19.1 Å². The molecular weight excluding hydrogens is 212 g/mol. The predicted molar refractivity (Wildman–Crippen MR) is 73.4 cm³/mol. The Bertz CT molecular complexity index is 197. The van der Waals surface area contributed by atoms with Crippen molar-refractivity contribution in [1.29, 1.82) is 0 Å². The molecule has 2 atom stereocenters. The maximum Gasteiger partial charge on any atom is 0.0596 e. The molecule has 17 heavy (non-hydrogen) atoms. The fourth-order valence-electron chi connectivity index (χ4n) is 2.74. The minimum Gasteiger partial charge on any atom is -0.377 e. The van der Waals surface area contributed by atoms with Crippen LogP contribution in [0.3, 0.4) is 0 Å². The van der Waals surface area contributed by atoms with Gasteiger partial charge in [-0.15, -0.1) is 0 Å². The van der Waals surface area contributed by atoms with Gasteiger partial charge in [-0.25, -0.2) is 0 Å². The second-order valence-electron chi connectivity index (χ2n) is 5.62. The Balaban J connectivity index is 2.21. The standard InChI is InChI=1S/C14H30N2O/c1-12(2)17-10-9-16(4)11-13-7-5-6-8-14(13)15-3/h12-15H,5-11H2,1-4H3. The van der Waals surface area contributed by atoms with Crippen LogP contribution >= 0.6 is 0 Å². The Morgan fingerprint density at radius 2 is 2.00 bits per heavy atom. The molecular formula is C14H30N2O. The number of rotatable bonds is 7. The fourth-order valence-corrected chi connectivity index (χ4v) is 2.74. The fraction of sp³-hybridized carbons (Fsp3) is 1.00. The minimum absolute atomic E-state index is 0.350. The Kier molecular flexibility index (Phi) is 7.09. The molecule has 0 amide bonds. The van der Waals surface area contributed by atoms with Gasteiger partial charge in [0.1, 0.15) is 0 Å². The van der Waals surface area contributed by atoms with Crippen LogP contribution in [0.5, 0.6) is 0 Å². The summed E-state index contributed by atoms with van der Waals surface area (Å²) in [6.07, 6.45) is 5.86. The van der Waals surface area contributed by atoms with Gasteiger partial charge in [0.2, 0.25) is 0 Å². The molecule has 0 aromatic rings. The molecule has 0 bridgehead atoms. The first-order valence-electron chi connectivity index (χ1n) is 7.11. The van der Waals surface area contributed by atoms with E-state index in [4.69, 9.17) is 4.74 Å². The molecule has 0 aromatic heterocycles. The van der Waals surface area contributed by atoms with Crippen LogP contribution in [0, 0.1) is 5.92 Å². The lowest BCUT2D eigenvalue weighted by atomic mass is 9.84. The first kappa shape index (κ1) is 14.9. The van der Waals surface area contributed by atoms with Crippen molar-refractivity contribution >= 4 is 0 Å². The highest BCUT2D eigenvalue weighted by Gasteiger charge is 2.24. The number of hydrogen-bond acceptors (Lipinski definition) is 3. The van der Waals surface area contributed by atoms with E-state index in [9.17, 15) is 0 Å². The van der Waals surface area contributed by atoms with Crippen molar-refractivity contribution in [3.05, 3.63) is 0 Å². The second kappa shape index (κ2) is 8.06. The van der Waals surface area contributed by atoms with Crippen LogP contribution in [0.2, 0.25) is 0 Å². The summed E-state index contributed by atoms with van der Waals surface area (Å²) in [6.45, 7) is 7.29. The van der Waals surface area contributed by atoms with Crippen LogP contribution in [0.4, 0.5) is 0 Å². The van der Waals surface area contributed by atoms with Crippen LogP contribution in [-0.2, 0) is 4.74 Å². The number of nitrogens with zero attached hydrogens (tertiary/aromatic N) is 1. The van der Waals surface area contributed by atoms with E-state index < -0.39 is 0 Å². The van der Waals surface area contributed by atoms with Crippen molar-refractivity contribution < 1.29 is 4.74 Å². The van der Waals surface area contributed by atoms with E-state index in [-0.39, 0.29) is 0 Å². The minimum atomic E-state index is 0.350.